The number of hydrogen-bond acceptors (Lipinski definition) is 2. The van der Waals surface area contributed by atoms with Crippen molar-refractivity contribution in [3.8, 4) is 0 Å². The highest BCUT2D eigenvalue weighted by Crippen LogP contribution is 2.10. The largest absolute Gasteiger partial charge is 0.338 e. The molecule has 0 unspecified atom stereocenters. The topological polar surface area (TPSA) is 38.1 Å². The van der Waals surface area contributed by atoms with E-state index in [1.165, 1.54) is 17.0 Å². The Hall–Kier alpha value is -3.21. The number of benzene rings is 2. The summed E-state index contributed by atoms with van der Waals surface area (Å²) >= 11 is 0. The molecule has 4 nitrogen and oxygen atoms in total. The second-order valence-electron chi connectivity index (χ2n) is 6.08. The third-order valence-electron chi connectivity index (χ3n) is 4.00. The lowest BCUT2D eigenvalue weighted by Crippen LogP contribution is -2.24. The average molecular weight is 349 g/mol. The maximum Gasteiger partial charge on any atom is 0.246 e. The van der Waals surface area contributed by atoms with Gasteiger partial charge in [-0.2, -0.15) is 5.10 Å². The molecule has 3 aromatic rings. The molecule has 0 saturated carbocycles. The Bertz CT molecular complexity index is 902. The van der Waals surface area contributed by atoms with E-state index in [1.807, 2.05) is 41.2 Å². The Balaban J connectivity index is 1.59. The minimum atomic E-state index is -0.307. The van der Waals surface area contributed by atoms with E-state index < -0.39 is 0 Å². The molecule has 0 aliphatic carbocycles. The van der Waals surface area contributed by atoms with Gasteiger partial charge in [0.25, 0.3) is 0 Å². The Morgan fingerprint density at radius 3 is 2.65 bits per heavy atom. The van der Waals surface area contributed by atoms with Gasteiger partial charge in [-0.05, 0) is 17.7 Å². The molecule has 3 rings (SSSR count). The van der Waals surface area contributed by atoms with Crippen molar-refractivity contribution in [2.75, 3.05) is 7.05 Å². The zero-order valence-electron chi connectivity index (χ0n) is 14.5. The van der Waals surface area contributed by atoms with Crippen LogP contribution in [0.1, 0.15) is 16.7 Å². The summed E-state index contributed by atoms with van der Waals surface area (Å²) in [6.07, 6.45) is 6.79. The highest BCUT2D eigenvalue weighted by atomic mass is 19.1. The summed E-state index contributed by atoms with van der Waals surface area (Å²) in [5.74, 6) is -0.498. The molecule has 0 aliphatic rings. The molecule has 5 heteroatoms. The molecule has 0 radical (unpaired) electrons. The number of likely N-dealkylation sites (N-methyl/N-ethyl adjacent to an activating group) is 1. The monoisotopic (exact) mass is 349 g/mol. The van der Waals surface area contributed by atoms with Crippen molar-refractivity contribution in [3.05, 3.63) is 95.6 Å². The van der Waals surface area contributed by atoms with E-state index >= 15 is 0 Å². The van der Waals surface area contributed by atoms with Crippen LogP contribution in [-0.4, -0.2) is 27.6 Å². The molecule has 0 fully saturated rings. The lowest BCUT2D eigenvalue weighted by atomic mass is 10.2. The van der Waals surface area contributed by atoms with E-state index in [4.69, 9.17) is 0 Å². The predicted octanol–water partition coefficient (Wildman–Crippen LogP) is 3.74. The highest BCUT2D eigenvalue weighted by molar-refractivity contribution is 5.91. The maximum absolute atomic E-state index is 13.7. The molecular formula is C21H20FN3O. The fourth-order valence-corrected chi connectivity index (χ4v) is 2.58. The van der Waals surface area contributed by atoms with Gasteiger partial charge in [-0.1, -0.05) is 48.5 Å². The molecule has 132 valence electrons. The Labute approximate surface area is 152 Å². The van der Waals surface area contributed by atoms with E-state index in [9.17, 15) is 9.18 Å². The van der Waals surface area contributed by atoms with E-state index in [-0.39, 0.29) is 18.3 Å². The van der Waals surface area contributed by atoms with Crippen molar-refractivity contribution in [2.45, 2.75) is 13.1 Å². The summed E-state index contributed by atoms with van der Waals surface area (Å²) in [5.41, 5.74) is 2.49. The average Bonchev–Trinajstić information content (AvgIpc) is 3.09. The normalized spacial score (nSPS) is 11.0. The second kappa shape index (κ2) is 8.25. The minimum absolute atomic E-state index is 0.191. The first-order chi connectivity index (χ1) is 12.6. The number of nitrogens with zero attached hydrogens (tertiary/aromatic N) is 3. The molecule has 0 saturated heterocycles. The fourth-order valence-electron chi connectivity index (χ4n) is 2.58. The third-order valence-corrected chi connectivity index (χ3v) is 4.00. The van der Waals surface area contributed by atoms with Crippen molar-refractivity contribution in [1.82, 2.24) is 14.7 Å². The lowest BCUT2D eigenvalue weighted by molar-refractivity contribution is -0.125. The SMILES string of the molecule is CN(Cc1ccccc1F)C(=O)/C=C/c1cnn(Cc2ccccc2)c1. The smallest absolute Gasteiger partial charge is 0.246 e. The van der Waals surface area contributed by atoms with Gasteiger partial charge in [-0.15, -0.1) is 0 Å². The predicted molar refractivity (Wildman–Crippen MR) is 99.7 cm³/mol. The maximum atomic E-state index is 13.7. The molecule has 1 heterocycles. The number of hydrogen-bond donors (Lipinski definition) is 0. The van der Waals surface area contributed by atoms with Crippen LogP contribution in [0.5, 0.6) is 0 Å². The number of aromatic nitrogens is 2. The van der Waals surface area contributed by atoms with Crippen LogP contribution in [0.4, 0.5) is 4.39 Å². The summed E-state index contributed by atoms with van der Waals surface area (Å²) in [6.45, 7) is 0.902. The Morgan fingerprint density at radius 1 is 1.15 bits per heavy atom. The van der Waals surface area contributed by atoms with E-state index in [0.717, 1.165) is 11.1 Å². The number of carbonyl (C=O) groups is 1. The molecule has 2 aromatic carbocycles. The van der Waals surface area contributed by atoms with Gasteiger partial charge in [0, 0.05) is 37.0 Å². The van der Waals surface area contributed by atoms with Crippen LogP contribution in [-0.2, 0) is 17.9 Å². The number of rotatable bonds is 6. The standard InChI is InChI=1S/C21H20FN3O/c1-24(16-19-9-5-6-10-20(19)22)21(26)12-11-18-13-23-25(15-18)14-17-7-3-2-4-8-17/h2-13,15H,14,16H2,1H3/b12-11+. The van der Waals surface area contributed by atoms with Crippen LogP contribution in [0, 0.1) is 5.82 Å². The van der Waals surface area contributed by atoms with Gasteiger partial charge in [0.1, 0.15) is 5.82 Å². The van der Waals surface area contributed by atoms with E-state index in [1.54, 1.807) is 37.5 Å². The molecule has 1 amide bonds. The number of carbonyl (C=O) groups excluding carboxylic acids is 1. The van der Waals surface area contributed by atoms with Gasteiger partial charge in [-0.3, -0.25) is 9.48 Å². The van der Waals surface area contributed by atoms with Gasteiger partial charge in [0.15, 0.2) is 0 Å². The molecule has 0 aliphatic heterocycles. The van der Waals surface area contributed by atoms with Gasteiger partial charge in [-0.25, -0.2) is 4.39 Å². The van der Waals surface area contributed by atoms with Gasteiger partial charge in [0.05, 0.1) is 12.7 Å². The zero-order chi connectivity index (χ0) is 18.4. The molecule has 26 heavy (non-hydrogen) atoms. The van der Waals surface area contributed by atoms with Crippen molar-refractivity contribution in [3.63, 3.8) is 0 Å². The van der Waals surface area contributed by atoms with Crippen LogP contribution in [0.3, 0.4) is 0 Å². The summed E-state index contributed by atoms with van der Waals surface area (Å²) in [4.78, 5) is 13.7. The lowest BCUT2D eigenvalue weighted by Gasteiger charge is -2.15. The van der Waals surface area contributed by atoms with Crippen molar-refractivity contribution in [2.24, 2.45) is 0 Å². The third kappa shape index (κ3) is 4.66. The van der Waals surface area contributed by atoms with Crippen LogP contribution in [0.15, 0.2) is 73.1 Å². The fraction of sp³-hybridized carbons (Fsp3) is 0.143. The summed E-state index contributed by atoms with van der Waals surface area (Å²) in [7, 11) is 1.65. The second-order valence-corrected chi connectivity index (χ2v) is 6.08. The zero-order valence-corrected chi connectivity index (χ0v) is 14.5. The van der Waals surface area contributed by atoms with E-state index in [2.05, 4.69) is 5.10 Å². The van der Waals surface area contributed by atoms with Crippen LogP contribution < -0.4 is 0 Å². The first-order valence-electron chi connectivity index (χ1n) is 8.35. The van der Waals surface area contributed by atoms with Crippen LogP contribution >= 0.6 is 0 Å². The summed E-state index contributed by atoms with van der Waals surface area (Å²) in [6, 6.07) is 16.5. The highest BCUT2D eigenvalue weighted by Gasteiger charge is 2.09. The van der Waals surface area contributed by atoms with Crippen molar-refractivity contribution >= 4 is 12.0 Å². The van der Waals surface area contributed by atoms with Crippen molar-refractivity contribution < 1.29 is 9.18 Å². The van der Waals surface area contributed by atoms with Crippen molar-refractivity contribution in [1.29, 1.82) is 0 Å². The molecule has 0 spiro atoms. The van der Waals surface area contributed by atoms with Gasteiger partial charge < -0.3 is 4.90 Å². The van der Waals surface area contributed by atoms with Gasteiger partial charge >= 0.3 is 0 Å². The molecule has 0 N–H and O–H groups in total. The first-order valence-corrected chi connectivity index (χ1v) is 8.35. The molecule has 0 atom stereocenters. The quantitative estimate of drug-likeness (QED) is 0.636. The Morgan fingerprint density at radius 2 is 1.88 bits per heavy atom. The molecule has 0 bridgehead atoms. The number of halogens is 1. The summed E-state index contributed by atoms with van der Waals surface area (Å²) in [5, 5.41) is 4.30. The Kier molecular flexibility index (Phi) is 5.59. The summed E-state index contributed by atoms with van der Waals surface area (Å²) < 4.78 is 15.5. The van der Waals surface area contributed by atoms with E-state index in [0.29, 0.717) is 12.1 Å². The van der Waals surface area contributed by atoms with Crippen LogP contribution in [0.25, 0.3) is 6.08 Å². The minimum Gasteiger partial charge on any atom is -0.338 e. The molecular weight excluding hydrogens is 329 g/mol. The first kappa shape index (κ1) is 17.6. The van der Waals surface area contributed by atoms with Crippen LogP contribution in [0.2, 0.25) is 0 Å². The van der Waals surface area contributed by atoms with Gasteiger partial charge in [0.2, 0.25) is 5.91 Å². The number of amides is 1. The molecule has 1 aromatic heterocycles.